The summed E-state index contributed by atoms with van der Waals surface area (Å²) in [5, 5.41) is 3.42. The number of carbonyl (C=O) groups is 1. The normalized spacial score (nSPS) is 19.8. The molecule has 222 valence electrons. The van der Waals surface area contributed by atoms with Crippen LogP contribution in [0.4, 0.5) is 0 Å². The van der Waals surface area contributed by atoms with Crippen molar-refractivity contribution >= 4 is 55.8 Å². The summed E-state index contributed by atoms with van der Waals surface area (Å²) in [6.07, 6.45) is 0.559. The Morgan fingerprint density at radius 1 is 1.10 bits per heavy atom. The van der Waals surface area contributed by atoms with E-state index in [0.29, 0.717) is 29.9 Å². The van der Waals surface area contributed by atoms with Gasteiger partial charge in [0.2, 0.25) is 5.91 Å². The molecule has 8 nitrogen and oxygen atoms in total. The molecule has 0 unspecified atom stereocenters. The van der Waals surface area contributed by atoms with E-state index < -0.39 is 50.3 Å². The van der Waals surface area contributed by atoms with Crippen LogP contribution in [0.3, 0.4) is 0 Å². The fourth-order valence-corrected chi connectivity index (χ4v) is 14.7. The number of benzene rings is 2. The predicted octanol–water partition coefficient (Wildman–Crippen LogP) is 3.33. The number of amides is 1. The summed E-state index contributed by atoms with van der Waals surface area (Å²) in [7, 11) is -11.4. The number of nitrogens with one attached hydrogen (secondary N) is 2. The predicted molar refractivity (Wildman–Crippen MR) is 165 cm³/mol. The van der Waals surface area contributed by atoms with Gasteiger partial charge in [-0.05, 0) is 47.8 Å². The Morgan fingerprint density at radius 2 is 1.63 bits per heavy atom. The molecule has 3 atom stereocenters. The first-order valence-electron chi connectivity index (χ1n) is 13.7. The van der Waals surface area contributed by atoms with Gasteiger partial charge >= 0.3 is 0 Å². The van der Waals surface area contributed by atoms with Gasteiger partial charge in [-0.15, -0.1) is 11.3 Å². The SMILES string of the molecule is CCN[C@H]1C[C@H](C)S(=O)(=O)c2sc(S(=O)(=O)NC(=O)[C@H](C)CC(C)(C)[Si](O)(c3ccccc3)c3ccccc3)cc21. The highest BCUT2D eigenvalue weighted by atomic mass is 32.3. The molecule has 0 fully saturated rings. The Morgan fingerprint density at radius 3 is 2.15 bits per heavy atom. The Labute approximate surface area is 248 Å². The number of sulfone groups is 1. The molecule has 41 heavy (non-hydrogen) atoms. The molecular formula is C29H38N2O6S3Si. The monoisotopic (exact) mass is 634 g/mol. The third kappa shape index (κ3) is 5.95. The third-order valence-corrected chi connectivity index (χ3v) is 18.2. The lowest BCUT2D eigenvalue weighted by atomic mass is 9.97. The Hall–Kier alpha value is -2.35. The fraction of sp³-hybridized carbons (Fsp3) is 0.414. The molecule has 3 N–H and O–H groups in total. The van der Waals surface area contributed by atoms with Crippen LogP contribution in [0.25, 0.3) is 0 Å². The molecule has 12 heteroatoms. The van der Waals surface area contributed by atoms with Crippen molar-refractivity contribution in [3.63, 3.8) is 0 Å². The topological polar surface area (TPSA) is 130 Å². The zero-order valence-corrected chi connectivity index (χ0v) is 27.4. The smallest absolute Gasteiger partial charge is 0.273 e. The van der Waals surface area contributed by atoms with Crippen LogP contribution in [0.15, 0.2) is 75.1 Å². The lowest BCUT2D eigenvalue weighted by Crippen LogP contribution is -2.65. The van der Waals surface area contributed by atoms with Crippen LogP contribution in [0.5, 0.6) is 0 Å². The van der Waals surface area contributed by atoms with Crippen molar-refractivity contribution in [3.8, 4) is 0 Å². The summed E-state index contributed by atoms with van der Waals surface area (Å²) in [4.78, 5) is 25.7. The van der Waals surface area contributed by atoms with Crippen molar-refractivity contribution in [2.24, 2.45) is 5.92 Å². The minimum Gasteiger partial charge on any atom is -0.424 e. The van der Waals surface area contributed by atoms with Crippen molar-refractivity contribution in [2.75, 3.05) is 6.54 Å². The molecule has 1 aliphatic heterocycles. The van der Waals surface area contributed by atoms with Crippen LogP contribution in [-0.4, -0.2) is 47.7 Å². The second-order valence-corrected chi connectivity index (χ2v) is 20.9. The first-order valence-corrected chi connectivity index (χ1v) is 19.5. The van der Waals surface area contributed by atoms with E-state index in [0.717, 1.165) is 10.4 Å². The maximum Gasteiger partial charge on any atom is 0.273 e. The first-order chi connectivity index (χ1) is 19.1. The van der Waals surface area contributed by atoms with Crippen molar-refractivity contribution in [3.05, 3.63) is 72.3 Å². The summed E-state index contributed by atoms with van der Waals surface area (Å²) in [6.45, 7) is 9.59. The van der Waals surface area contributed by atoms with Crippen molar-refractivity contribution in [1.29, 1.82) is 0 Å². The summed E-state index contributed by atoms with van der Waals surface area (Å²) in [5.41, 5.74) is 0.429. The number of sulfonamides is 1. The molecule has 2 aromatic carbocycles. The van der Waals surface area contributed by atoms with Crippen LogP contribution >= 0.6 is 11.3 Å². The van der Waals surface area contributed by atoms with Crippen molar-refractivity contribution in [2.45, 2.75) is 72.2 Å². The van der Waals surface area contributed by atoms with Crippen LogP contribution in [0, 0.1) is 5.92 Å². The van der Waals surface area contributed by atoms with E-state index in [9.17, 15) is 26.4 Å². The van der Waals surface area contributed by atoms with Gasteiger partial charge in [0, 0.05) is 17.5 Å². The molecule has 1 aliphatic rings. The standard InChI is InChI=1S/C29H38N2O6S3Si/c1-6-30-25-17-21(3)39(33,34)28-24(25)18-26(38-28)40(35,36)31-27(32)20(2)19-29(4,5)41(37,22-13-9-7-10-14-22)23-15-11-8-12-16-23/h7-16,18,20-21,25,30,37H,6,17,19H2,1-5H3,(H,31,32)/t20-,21+,25+/m1/s1. The molecule has 2 heterocycles. The van der Waals surface area contributed by atoms with Crippen LogP contribution in [0.1, 0.15) is 59.1 Å². The zero-order chi connectivity index (χ0) is 30.2. The fourth-order valence-electron chi connectivity index (χ4n) is 5.77. The molecule has 1 amide bonds. The van der Waals surface area contributed by atoms with Crippen molar-refractivity contribution < 1.29 is 26.4 Å². The Balaban J connectivity index is 1.60. The Kier molecular flexibility index (Phi) is 9.04. The molecule has 4 rings (SSSR count). The quantitative estimate of drug-likeness (QED) is 0.292. The summed E-state index contributed by atoms with van der Waals surface area (Å²) < 4.78 is 54.7. The van der Waals surface area contributed by atoms with Gasteiger partial charge in [-0.3, -0.25) is 4.79 Å². The van der Waals surface area contributed by atoms with E-state index in [1.165, 1.54) is 6.07 Å². The van der Waals surface area contributed by atoms with Crippen LogP contribution < -0.4 is 20.4 Å². The highest BCUT2D eigenvalue weighted by Gasteiger charge is 2.51. The Bertz CT molecular complexity index is 1570. The largest absolute Gasteiger partial charge is 0.424 e. The minimum absolute atomic E-state index is 0.0333. The lowest BCUT2D eigenvalue weighted by Gasteiger charge is -2.42. The van der Waals surface area contributed by atoms with Gasteiger partial charge in [0.1, 0.15) is 8.42 Å². The first kappa shape index (κ1) is 31.6. The van der Waals surface area contributed by atoms with Gasteiger partial charge in [-0.25, -0.2) is 21.6 Å². The molecule has 0 radical (unpaired) electrons. The van der Waals surface area contributed by atoms with Gasteiger partial charge in [0.05, 0.1) is 5.25 Å². The number of hydrogen-bond acceptors (Lipinski definition) is 8. The average Bonchev–Trinajstić information content (AvgIpc) is 3.40. The molecule has 1 aromatic heterocycles. The lowest BCUT2D eigenvalue weighted by molar-refractivity contribution is -0.123. The summed E-state index contributed by atoms with van der Waals surface area (Å²) in [5.74, 6) is -1.47. The van der Waals surface area contributed by atoms with Gasteiger partial charge in [0.15, 0.2) is 9.84 Å². The van der Waals surface area contributed by atoms with Crippen LogP contribution in [-0.2, 0) is 24.7 Å². The van der Waals surface area contributed by atoms with E-state index in [4.69, 9.17) is 0 Å². The number of carbonyl (C=O) groups excluding carboxylic acids is 1. The van der Waals surface area contributed by atoms with E-state index in [-0.39, 0.29) is 20.9 Å². The molecule has 0 spiro atoms. The van der Waals surface area contributed by atoms with Gasteiger partial charge in [-0.2, -0.15) is 0 Å². The van der Waals surface area contributed by atoms with Gasteiger partial charge in [-0.1, -0.05) is 88.4 Å². The average molecular weight is 635 g/mol. The molecule has 0 saturated carbocycles. The maximum atomic E-state index is 13.3. The minimum atomic E-state index is -4.32. The zero-order valence-electron chi connectivity index (χ0n) is 23.9. The van der Waals surface area contributed by atoms with Crippen LogP contribution in [0.2, 0.25) is 5.04 Å². The number of thiophene rings is 1. The molecule has 0 saturated heterocycles. The molecule has 3 aromatic rings. The second-order valence-electron chi connectivity index (χ2n) is 11.4. The van der Waals surface area contributed by atoms with E-state index >= 15 is 0 Å². The number of hydrogen-bond donors (Lipinski definition) is 3. The van der Waals surface area contributed by atoms with E-state index in [2.05, 4.69) is 10.0 Å². The number of rotatable bonds is 10. The number of fused-ring (bicyclic) bond motifs is 1. The van der Waals surface area contributed by atoms with E-state index in [1.807, 2.05) is 81.4 Å². The molecular weight excluding hydrogens is 597 g/mol. The van der Waals surface area contributed by atoms with Gasteiger partial charge in [0.25, 0.3) is 18.3 Å². The highest BCUT2D eigenvalue weighted by molar-refractivity contribution is 7.95. The maximum absolute atomic E-state index is 13.3. The third-order valence-electron chi connectivity index (χ3n) is 8.01. The molecule has 0 bridgehead atoms. The van der Waals surface area contributed by atoms with E-state index in [1.54, 1.807) is 13.8 Å². The summed E-state index contributed by atoms with van der Waals surface area (Å²) >= 11 is 0.684. The van der Waals surface area contributed by atoms with Gasteiger partial charge < -0.3 is 10.1 Å². The summed E-state index contributed by atoms with van der Waals surface area (Å²) in [6, 6.07) is 19.9. The van der Waals surface area contributed by atoms with Crippen molar-refractivity contribution in [1.82, 2.24) is 10.0 Å². The highest BCUT2D eigenvalue weighted by Crippen LogP contribution is 2.44. The molecule has 0 aliphatic carbocycles. The second kappa shape index (κ2) is 11.7.